The van der Waals surface area contributed by atoms with Crippen molar-refractivity contribution in [3.8, 4) is 17.2 Å². The van der Waals surface area contributed by atoms with E-state index in [-0.39, 0.29) is 23.0 Å². The molecule has 0 saturated carbocycles. The Morgan fingerprint density at radius 1 is 1.30 bits per heavy atom. The Bertz CT molecular complexity index is 1210. The largest absolute Gasteiger partial charge is 0.505 e. The van der Waals surface area contributed by atoms with E-state index < -0.39 is 24.3 Å². The van der Waals surface area contributed by atoms with Crippen molar-refractivity contribution in [3.05, 3.63) is 62.2 Å². The second-order valence-corrected chi connectivity index (χ2v) is 9.01. The van der Waals surface area contributed by atoms with Crippen molar-refractivity contribution in [1.29, 1.82) is 0 Å². The molecule has 13 heteroatoms. The van der Waals surface area contributed by atoms with Gasteiger partial charge in [0.05, 0.1) is 41.0 Å². The molecule has 2 aromatic carbocycles. The number of aliphatic hydroxyl groups is 1. The SMILES string of the molecule is CCOc1cc([C@H]2NC(=O)NC(C)=C2C(=O)OC)ccc1OC[C@H](O)N/N=C\c1cc(Cl)c(O)c(Br)c1. The number of carbonyl (C=O) groups excluding carboxylic acids is 2. The molecule has 2 aromatic rings. The summed E-state index contributed by atoms with van der Waals surface area (Å²) in [6.45, 7) is 3.57. The first-order valence-corrected chi connectivity index (χ1v) is 12.2. The van der Waals surface area contributed by atoms with Crippen LogP contribution < -0.4 is 25.5 Å². The standard InChI is InChI=1S/C24H26BrClN4O7/c1-4-36-18-9-14(21-20(23(33)35-3)12(2)28-24(34)29-21)5-6-17(18)37-11-19(31)30-27-10-13-7-15(25)22(32)16(26)8-13/h5-10,19,21,30-32H,4,11H2,1-3H3,(H2,28,29,34)/b27-10-/t19-,21+/m0/s1. The Balaban J connectivity index is 1.71. The molecule has 0 radical (unpaired) electrons. The smallest absolute Gasteiger partial charge is 0.337 e. The quantitative estimate of drug-likeness (QED) is 0.121. The summed E-state index contributed by atoms with van der Waals surface area (Å²) < 4.78 is 16.7. The molecule has 1 aliphatic heterocycles. The number of aromatic hydroxyl groups is 1. The summed E-state index contributed by atoms with van der Waals surface area (Å²) in [4.78, 5) is 24.4. The minimum atomic E-state index is -1.17. The van der Waals surface area contributed by atoms with Gasteiger partial charge in [0, 0.05) is 5.70 Å². The van der Waals surface area contributed by atoms with Gasteiger partial charge in [0.2, 0.25) is 0 Å². The minimum absolute atomic E-state index is 0.0773. The predicted octanol–water partition coefficient (Wildman–Crippen LogP) is 3.33. The number of benzene rings is 2. The van der Waals surface area contributed by atoms with E-state index in [2.05, 4.69) is 37.1 Å². The van der Waals surface area contributed by atoms with Crippen molar-refractivity contribution in [2.75, 3.05) is 20.3 Å². The number of esters is 1. The Hall–Kier alpha value is -3.48. The molecule has 11 nitrogen and oxygen atoms in total. The summed E-state index contributed by atoms with van der Waals surface area (Å²) in [5.41, 5.74) is 4.34. The predicted molar refractivity (Wildman–Crippen MR) is 140 cm³/mol. The third kappa shape index (κ3) is 7.06. The maximum Gasteiger partial charge on any atom is 0.337 e. The zero-order valence-electron chi connectivity index (χ0n) is 20.2. The number of urea groups is 1. The van der Waals surface area contributed by atoms with Crippen LogP contribution in [0.3, 0.4) is 0 Å². The lowest BCUT2D eigenvalue weighted by molar-refractivity contribution is -0.136. The van der Waals surface area contributed by atoms with Crippen LogP contribution in [0.15, 0.2) is 51.2 Å². The number of nitrogens with one attached hydrogen (secondary N) is 3. The number of phenolic OH excluding ortho intramolecular Hbond substituents is 1. The number of phenols is 1. The van der Waals surface area contributed by atoms with Crippen LogP contribution in [0.1, 0.15) is 31.0 Å². The van der Waals surface area contributed by atoms with Crippen LogP contribution in [-0.4, -0.2) is 55.0 Å². The van der Waals surface area contributed by atoms with Crippen molar-refractivity contribution in [2.24, 2.45) is 5.10 Å². The number of nitrogens with zero attached hydrogens (tertiary/aromatic N) is 1. The van der Waals surface area contributed by atoms with Gasteiger partial charge >= 0.3 is 12.0 Å². The second-order valence-electron chi connectivity index (χ2n) is 7.75. The molecule has 0 aromatic heterocycles. The van der Waals surface area contributed by atoms with Gasteiger partial charge in [-0.3, -0.25) is 5.43 Å². The van der Waals surface area contributed by atoms with E-state index in [0.717, 1.165) is 0 Å². The molecule has 0 bridgehead atoms. The van der Waals surface area contributed by atoms with Gasteiger partial charge in [0.1, 0.15) is 12.4 Å². The summed E-state index contributed by atoms with van der Waals surface area (Å²) in [6, 6.07) is 6.85. The molecule has 0 saturated heterocycles. The molecular weight excluding hydrogens is 572 g/mol. The third-order valence-electron chi connectivity index (χ3n) is 5.15. The van der Waals surface area contributed by atoms with E-state index in [1.165, 1.54) is 19.4 Å². The topological polar surface area (TPSA) is 151 Å². The van der Waals surface area contributed by atoms with E-state index >= 15 is 0 Å². The van der Waals surface area contributed by atoms with E-state index in [0.29, 0.717) is 39.4 Å². The number of methoxy groups -OCH3 is 1. The second kappa shape index (κ2) is 12.7. The number of rotatable bonds is 10. The van der Waals surface area contributed by atoms with Crippen molar-refractivity contribution >= 4 is 45.7 Å². The van der Waals surface area contributed by atoms with Gasteiger partial charge < -0.3 is 35.1 Å². The summed E-state index contributed by atoms with van der Waals surface area (Å²) in [5.74, 6) is 0.0377. The molecule has 2 amide bonds. The molecule has 0 fully saturated rings. The Morgan fingerprint density at radius 3 is 2.73 bits per heavy atom. The fraction of sp³-hybridized carbons (Fsp3) is 0.292. The van der Waals surface area contributed by atoms with Crippen LogP contribution in [0.2, 0.25) is 5.02 Å². The summed E-state index contributed by atoms with van der Waals surface area (Å²) in [6.07, 6.45) is 0.253. The molecule has 0 unspecified atom stereocenters. The first-order valence-electron chi connectivity index (χ1n) is 11.0. The van der Waals surface area contributed by atoms with E-state index in [1.54, 1.807) is 38.1 Å². The fourth-order valence-electron chi connectivity index (χ4n) is 3.48. The van der Waals surface area contributed by atoms with Gasteiger partial charge in [-0.05, 0) is 65.2 Å². The van der Waals surface area contributed by atoms with Gasteiger partial charge in [0.25, 0.3) is 0 Å². The molecular formula is C24H26BrClN4O7. The number of halogens is 2. The van der Waals surface area contributed by atoms with Crippen LogP contribution in [0.25, 0.3) is 0 Å². The molecule has 3 rings (SSSR count). The maximum atomic E-state index is 12.4. The number of allylic oxidation sites excluding steroid dienone is 1. The number of aliphatic hydroxyl groups excluding tert-OH is 1. The van der Waals surface area contributed by atoms with E-state index in [9.17, 15) is 19.8 Å². The third-order valence-corrected chi connectivity index (χ3v) is 6.04. The molecule has 1 heterocycles. The Kier molecular flexibility index (Phi) is 9.61. The molecule has 2 atom stereocenters. The highest BCUT2D eigenvalue weighted by atomic mass is 79.9. The van der Waals surface area contributed by atoms with Crippen LogP contribution in [0, 0.1) is 0 Å². The number of hydrogen-bond acceptors (Lipinski definition) is 9. The Morgan fingerprint density at radius 2 is 2.05 bits per heavy atom. The zero-order valence-corrected chi connectivity index (χ0v) is 22.5. The van der Waals surface area contributed by atoms with Crippen molar-refractivity contribution in [2.45, 2.75) is 26.1 Å². The average molecular weight is 598 g/mol. The highest BCUT2D eigenvalue weighted by Crippen LogP contribution is 2.35. The van der Waals surface area contributed by atoms with Gasteiger partial charge in [-0.15, -0.1) is 0 Å². The van der Waals surface area contributed by atoms with Crippen molar-refractivity contribution < 1.29 is 34.0 Å². The van der Waals surface area contributed by atoms with Crippen LogP contribution in [0.4, 0.5) is 4.79 Å². The number of hydrogen-bond donors (Lipinski definition) is 5. The highest BCUT2D eigenvalue weighted by molar-refractivity contribution is 9.10. The molecule has 0 spiro atoms. The molecule has 5 N–H and O–H groups in total. The molecule has 1 aliphatic rings. The first kappa shape index (κ1) is 28.1. The molecule has 37 heavy (non-hydrogen) atoms. The highest BCUT2D eigenvalue weighted by Gasteiger charge is 2.32. The normalized spacial score (nSPS) is 16.2. The molecule has 0 aliphatic carbocycles. The van der Waals surface area contributed by atoms with Gasteiger partial charge in [0.15, 0.2) is 17.7 Å². The fourth-order valence-corrected chi connectivity index (χ4v) is 4.30. The number of amides is 2. The van der Waals surface area contributed by atoms with Crippen LogP contribution in [-0.2, 0) is 9.53 Å². The lowest BCUT2D eigenvalue weighted by Crippen LogP contribution is -2.45. The Labute approximate surface area is 226 Å². The lowest BCUT2D eigenvalue weighted by atomic mass is 9.95. The van der Waals surface area contributed by atoms with Gasteiger partial charge in [-0.2, -0.15) is 5.10 Å². The van der Waals surface area contributed by atoms with Crippen molar-refractivity contribution in [3.63, 3.8) is 0 Å². The summed E-state index contributed by atoms with van der Waals surface area (Å²) >= 11 is 9.12. The first-order chi connectivity index (χ1) is 17.6. The van der Waals surface area contributed by atoms with E-state index in [4.69, 9.17) is 25.8 Å². The van der Waals surface area contributed by atoms with E-state index in [1.807, 2.05) is 0 Å². The van der Waals surface area contributed by atoms with Gasteiger partial charge in [-0.1, -0.05) is 17.7 Å². The van der Waals surface area contributed by atoms with Gasteiger partial charge in [-0.25, -0.2) is 9.59 Å². The minimum Gasteiger partial charge on any atom is -0.505 e. The number of hydrazone groups is 1. The molecule has 198 valence electrons. The zero-order chi connectivity index (χ0) is 27.1. The van der Waals surface area contributed by atoms with Crippen LogP contribution >= 0.6 is 27.5 Å². The van der Waals surface area contributed by atoms with Crippen LogP contribution in [0.5, 0.6) is 17.2 Å². The maximum absolute atomic E-state index is 12.4. The average Bonchev–Trinajstić information content (AvgIpc) is 2.85. The lowest BCUT2D eigenvalue weighted by Gasteiger charge is -2.28. The monoisotopic (exact) mass is 596 g/mol. The summed E-state index contributed by atoms with van der Waals surface area (Å²) in [7, 11) is 1.26. The number of ether oxygens (including phenoxy) is 3. The summed E-state index contributed by atoms with van der Waals surface area (Å²) in [5, 5.41) is 29.3. The van der Waals surface area contributed by atoms with Crippen molar-refractivity contribution in [1.82, 2.24) is 16.1 Å². The number of carbonyl (C=O) groups is 2.